The average molecular weight is 173 g/mol. The number of hydrogen-bond donors (Lipinski definition) is 0. The van der Waals surface area contributed by atoms with Crippen LogP contribution in [0.3, 0.4) is 0 Å². The molecule has 1 aliphatic rings. The Kier molecular flexibility index (Phi) is 3.44. The molecular weight excluding hydrogens is 158 g/mol. The summed E-state index contributed by atoms with van der Waals surface area (Å²) < 4.78 is 0. The molecule has 0 aliphatic carbocycles. The van der Waals surface area contributed by atoms with Gasteiger partial charge in [0.2, 0.25) is 0 Å². The molecule has 0 unspecified atom stereocenters. The molecule has 1 aromatic carbocycles. The predicted molar refractivity (Wildman–Crippen MR) is 59.6 cm³/mol. The first kappa shape index (κ1) is 9.72. The van der Waals surface area contributed by atoms with E-state index in [-0.39, 0.29) is 0 Å². The molecule has 0 saturated carbocycles. The average Bonchev–Trinajstić information content (AvgIpc) is 2.22. The molecule has 0 spiro atoms. The summed E-state index contributed by atoms with van der Waals surface area (Å²) in [6, 6.07) is 8.09. The summed E-state index contributed by atoms with van der Waals surface area (Å²) in [7, 11) is 0. The van der Waals surface area contributed by atoms with Crippen LogP contribution in [-0.4, -0.2) is 6.21 Å². The standard InChI is InChI=1S/C10H9N.C2H6/c1-8-6-7-11-10-5-3-2-4-9(8)10;1-2/h2-5,7H,1,6H2;1-2H3. The summed E-state index contributed by atoms with van der Waals surface area (Å²) in [5.41, 5.74) is 3.40. The lowest BCUT2D eigenvalue weighted by Gasteiger charge is -2.10. The van der Waals surface area contributed by atoms with E-state index in [0.29, 0.717) is 0 Å². The number of allylic oxidation sites excluding steroid dienone is 1. The van der Waals surface area contributed by atoms with E-state index in [1.54, 1.807) is 0 Å². The van der Waals surface area contributed by atoms with Crippen molar-refractivity contribution in [1.82, 2.24) is 0 Å². The van der Waals surface area contributed by atoms with Gasteiger partial charge in [0.15, 0.2) is 0 Å². The third-order valence-corrected chi connectivity index (χ3v) is 1.85. The smallest absolute Gasteiger partial charge is 0.0700 e. The number of benzene rings is 1. The van der Waals surface area contributed by atoms with Crippen LogP contribution in [0.1, 0.15) is 25.8 Å². The molecule has 0 amide bonds. The van der Waals surface area contributed by atoms with Gasteiger partial charge < -0.3 is 0 Å². The molecule has 1 aromatic rings. The lowest BCUT2D eigenvalue weighted by Crippen LogP contribution is -1.90. The summed E-state index contributed by atoms with van der Waals surface area (Å²) in [4.78, 5) is 4.26. The molecule has 0 bridgehead atoms. The molecule has 1 heterocycles. The van der Waals surface area contributed by atoms with Gasteiger partial charge in [0.25, 0.3) is 0 Å². The fraction of sp³-hybridized carbons (Fsp3) is 0.250. The van der Waals surface area contributed by atoms with Gasteiger partial charge in [0.05, 0.1) is 5.69 Å². The topological polar surface area (TPSA) is 12.4 Å². The molecule has 2 rings (SSSR count). The summed E-state index contributed by atoms with van der Waals surface area (Å²) in [6.45, 7) is 7.96. The molecule has 0 atom stereocenters. The van der Waals surface area contributed by atoms with Crippen LogP contribution in [0.2, 0.25) is 0 Å². The first-order valence-corrected chi connectivity index (χ1v) is 4.67. The Hall–Kier alpha value is -1.37. The second-order valence-electron chi connectivity index (χ2n) is 2.64. The van der Waals surface area contributed by atoms with Gasteiger partial charge in [-0.1, -0.05) is 38.6 Å². The zero-order valence-electron chi connectivity index (χ0n) is 8.25. The van der Waals surface area contributed by atoms with Crippen molar-refractivity contribution in [2.24, 2.45) is 4.99 Å². The lowest BCUT2D eigenvalue weighted by atomic mass is 10.0. The van der Waals surface area contributed by atoms with Crippen molar-refractivity contribution in [3.8, 4) is 0 Å². The van der Waals surface area contributed by atoms with E-state index >= 15 is 0 Å². The van der Waals surface area contributed by atoms with Gasteiger partial charge in [0.1, 0.15) is 0 Å². The zero-order chi connectivity index (χ0) is 9.68. The molecule has 0 saturated heterocycles. The largest absolute Gasteiger partial charge is 0.260 e. The maximum absolute atomic E-state index is 4.26. The van der Waals surface area contributed by atoms with Crippen molar-refractivity contribution in [3.63, 3.8) is 0 Å². The molecule has 0 radical (unpaired) electrons. The first-order chi connectivity index (χ1) is 6.38. The summed E-state index contributed by atoms with van der Waals surface area (Å²) in [6.07, 6.45) is 2.79. The van der Waals surface area contributed by atoms with E-state index in [0.717, 1.165) is 17.7 Å². The van der Waals surface area contributed by atoms with Crippen molar-refractivity contribution in [1.29, 1.82) is 0 Å². The van der Waals surface area contributed by atoms with E-state index in [1.807, 2.05) is 38.3 Å². The highest BCUT2D eigenvalue weighted by Crippen LogP contribution is 2.29. The van der Waals surface area contributed by atoms with Crippen LogP contribution in [0.15, 0.2) is 35.8 Å². The normalized spacial score (nSPS) is 12.9. The van der Waals surface area contributed by atoms with Gasteiger partial charge in [-0.05, 0) is 11.6 Å². The minimum atomic E-state index is 0.886. The Morgan fingerprint density at radius 3 is 2.62 bits per heavy atom. The Morgan fingerprint density at radius 1 is 1.23 bits per heavy atom. The summed E-state index contributed by atoms with van der Waals surface area (Å²) in [5.74, 6) is 0. The van der Waals surface area contributed by atoms with Crippen LogP contribution < -0.4 is 0 Å². The second-order valence-corrected chi connectivity index (χ2v) is 2.64. The number of rotatable bonds is 0. The molecule has 1 heteroatoms. The van der Waals surface area contributed by atoms with Crippen molar-refractivity contribution < 1.29 is 0 Å². The summed E-state index contributed by atoms with van der Waals surface area (Å²) >= 11 is 0. The molecule has 1 nitrogen and oxygen atoms in total. The second kappa shape index (κ2) is 4.61. The van der Waals surface area contributed by atoms with Gasteiger partial charge in [-0.25, -0.2) is 0 Å². The molecule has 1 aliphatic heterocycles. The number of aliphatic imine (C=N–C) groups is 1. The van der Waals surface area contributed by atoms with Crippen LogP contribution in [0, 0.1) is 0 Å². The molecule has 0 fully saturated rings. The maximum atomic E-state index is 4.26. The van der Waals surface area contributed by atoms with Crippen molar-refractivity contribution in [2.45, 2.75) is 20.3 Å². The van der Waals surface area contributed by atoms with Gasteiger partial charge >= 0.3 is 0 Å². The fourth-order valence-corrected chi connectivity index (χ4v) is 1.25. The molecule has 0 aromatic heterocycles. The number of para-hydroxylation sites is 1. The molecule has 0 N–H and O–H groups in total. The number of hydrogen-bond acceptors (Lipinski definition) is 1. The minimum Gasteiger partial charge on any atom is -0.260 e. The monoisotopic (exact) mass is 173 g/mol. The van der Waals surface area contributed by atoms with Gasteiger partial charge in [-0.2, -0.15) is 0 Å². The van der Waals surface area contributed by atoms with Crippen LogP contribution in [0.25, 0.3) is 5.57 Å². The fourth-order valence-electron chi connectivity index (χ4n) is 1.25. The Balaban J connectivity index is 0.000000396. The van der Waals surface area contributed by atoms with Crippen LogP contribution in [0.5, 0.6) is 0 Å². The first-order valence-electron chi connectivity index (χ1n) is 4.67. The van der Waals surface area contributed by atoms with E-state index in [9.17, 15) is 0 Å². The highest BCUT2D eigenvalue weighted by molar-refractivity contribution is 5.88. The van der Waals surface area contributed by atoms with Crippen LogP contribution in [0.4, 0.5) is 5.69 Å². The van der Waals surface area contributed by atoms with Crippen LogP contribution in [-0.2, 0) is 0 Å². The van der Waals surface area contributed by atoms with Gasteiger partial charge in [0, 0.05) is 18.2 Å². The predicted octanol–water partition coefficient (Wildman–Crippen LogP) is 3.83. The maximum Gasteiger partial charge on any atom is 0.0700 e. The van der Waals surface area contributed by atoms with E-state index in [1.165, 1.54) is 5.56 Å². The third-order valence-electron chi connectivity index (χ3n) is 1.85. The minimum absolute atomic E-state index is 0.886. The third kappa shape index (κ3) is 2.05. The van der Waals surface area contributed by atoms with Crippen LogP contribution >= 0.6 is 0 Å². The van der Waals surface area contributed by atoms with Crippen molar-refractivity contribution in [2.75, 3.05) is 0 Å². The Morgan fingerprint density at radius 2 is 1.92 bits per heavy atom. The van der Waals surface area contributed by atoms with E-state index in [2.05, 4.69) is 17.6 Å². The zero-order valence-corrected chi connectivity index (χ0v) is 8.25. The highest BCUT2D eigenvalue weighted by Gasteiger charge is 2.06. The highest BCUT2D eigenvalue weighted by atomic mass is 14.7. The Labute approximate surface area is 79.8 Å². The molecular formula is C12H15N. The van der Waals surface area contributed by atoms with E-state index < -0.39 is 0 Å². The quantitative estimate of drug-likeness (QED) is 0.565. The van der Waals surface area contributed by atoms with Gasteiger partial charge in [-0.3, -0.25) is 4.99 Å². The number of fused-ring (bicyclic) bond motifs is 1. The van der Waals surface area contributed by atoms with Gasteiger partial charge in [-0.15, -0.1) is 0 Å². The molecule has 68 valence electrons. The lowest BCUT2D eigenvalue weighted by molar-refractivity contribution is 1.38. The summed E-state index contributed by atoms with van der Waals surface area (Å²) in [5, 5.41) is 0. The SMILES string of the molecule is C=C1CC=Nc2ccccc21.CC. The Bertz CT molecular complexity index is 324. The van der Waals surface area contributed by atoms with Crippen molar-refractivity contribution >= 4 is 17.5 Å². The molecule has 13 heavy (non-hydrogen) atoms. The number of nitrogens with zero attached hydrogens (tertiary/aromatic N) is 1. The van der Waals surface area contributed by atoms with Crippen molar-refractivity contribution in [3.05, 3.63) is 36.4 Å². The van der Waals surface area contributed by atoms with E-state index in [4.69, 9.17) is 0 Å².